The molecule has 1 unspecified atom stereocenters. The Bertz CT molecular complexity index is 590. The van der Waals surface area contributed by atoms with Crippen LogP contribution >= 0.6 is 11.3 Å². The molecule has 1 aromatic carbocycles. The highest BCUT2D eigenvalue weighted by Gasteiger charge is 2.11. The lowest BCUT2D eigenvalue weighted by atomic mass is 10.1. The first-order chi connectivity index (χ1) is 10.2. The van der Waals surface area contributed by atoms with Crippen molar-refractivity contribution in [1.82, 2.24) is 4.90 Å². The minimum Gasteiger partial charge on any atom is -0.320 e. The molecule has 2 N–H and O–H groups in total. The maximum Gasteiger partial charge on any atom is 0.0555 e. The molecule has 2 aromatic rings. The lowest BCUT2D eigenvalue weighted by molar-refractivity contribution is 0.249. The predicted octanol–water partition coefficient (Wildman–Crippen LogP) is 3.12. The van der Waals surface area contributed by atoms with Gasteiger partial charge >= 0.3 is 0 Å². The van der Waals surface area contributed by atoms with Gasteiger partial charge in [0.25, 0.3) is 0 Å². The van der Waals surface area contributed by atoms with Gasteiger partial charge in [0.1, 0.15) is 0 Å². The molecule has 0 aliphatic carbocycles. The second-order valence-corrected chi connectivity index (χ2v) is 6.28. The van der Waals surface area contributed by atoms with Gasteiger partial charge in [-0.05, 0) is 49.5 Å². The predicted molar refractivity (Wildman–Crippen MR) is 91.3 cm³/mol. The highest BCUT2D eigenvalue weighted by Crippen LogP contribution is 2.15. The number of benzene rings is 1. The molecule has 0 aliphatic rings. The van der Waals surface area contributed by atoms with E-state index in [1.807, 2.05) is 11.3 Å². The molecular weight excluding hydrogens is 276 g/mol. The van der Waals surface area contributed by atoms with Crippen molar-refractivity contribution >= 4 is 11.3 Å². The fourth-order valence-electron chi connectivity index (χ4n) is 2.17. The number of thiophene rings is 1. The first-order valence-corrected chi connectivity index (χ1v) is 8.07. The summed E-state index contributed by atoms with van der Waals surface area (Å²) in [5.41, 5.74) is 7.72. The van der Waals surface area contributed by atoms with Crippen LogP contribution in [0.1, 0.15) is 22.9 Å². The van der Waals surface area contributed by atoms with E-state index in [2.05, 4.69) is 72.5 Å². The quantitative estimate of drug-likeness (QED) is 0.859. The van der Waals surface area contributed by atoms with Crippen LogP contribution in [-0.2, 0) is 13.0 Å². The van der Waals surface area contributed by atoms with Gasteiger partial charge in [0, 0.05) is 23.0 Å². The maximum atomic E-state index is 5.38. The Kier molecular flexibility index (Phi) is 6.01. The van der Waals surface area contributed by atoms with E-state index < -0.39 is 0 Å². The summed E-state index contributed by atoms with van der Waals surface area (Å²) in [5.74, 6) is 5.93. The van der Waals surface area contributed by atoms with Gasteiger partial charge in [-0.2, -0.15) is 0 Å². The van der Waals surface area contributed by atoms with E-state index in [4.69, 9.17) is 5.73 Å². The van der Waals surface area contributed by atoms with Gasteiger partial charge in [0.15, 0.2) is 0 Å². The first kappa shape index (κ1) is 15.8. The van der Waals surface area contributed by atoms with E-state index in [1.54, 1.807) is 0 Å². The largest absolute Gasteiger partial charge is 0.320 e. The molecule has 1 heterocycles. The Morgan fingerprint density at radius 2 is 2.00 bits per heavy atom. The molecule has 0 saturated heterocycles. The fraction of sp³-hybridized carbons (Fsp3) is 0.333. The van der Waals surface area contributed by atoms with Gasteiger partial charge in [-0.15, -0.1) is 11.3 Å². The van der Waals surface area contributed by atoms with Gasteiger partial charge in [-0.1, -0.05) is 30.0 Å². The van der Waals surface area contributed by atoms with Crippen molar-refractivity contribution in [2.24, 2.45) is 5.73 Å². The van der Waals surface area contributed by atoms with Crippen LogP contribution in [0.3, 0.4) is 0 Å². The van der Waals surface area contributed by atoms with Crippen LogP contribution < -0.4 is 5.73 Å². The van der Waals surface area contributed by atoms with Crippen molar-refractivity contribution in [3.05, 3.63) is 57.8 Å². The highest BCUT2D eigenvalue weighted by atomic mass is 32.1. The minimum atomic E-state index is 0.407. The number of rotatable bonds is 5. The topological polar surface area (TPSA) is 29.3 Å². The average molecular weight is 298 g/mol. The minimum absolute atomic E-state index is 0.407. The van der Waals surface area contributed by atoms with Crippen molar-refractivity contribution in [2.45, 2.75) is 25.9 Å². The van der Waals surface area contributed by atoms with Crippen molar-refractivity contribution in [1.29, 1.82) is 0 Å². The maximum absolute atomic E-state index is 5.38. The average Bonchev–Trinajstić information content (AvgIpc) is 2.99. The number of likely N-dealkylation sites (N-methyl/N-ethyl adjacent to an activating group) is 1. The molecule has 0 bridgehead atoms. The van der Waals surface area contributed by atoms with E-state index in [1.165, 1.54) is 10.4 Å². The summed E-state index contributed by atoms with van der Waals surface area (Å²) in [4.78, 5) is 3.84. The summed E-state index contributed by atoms with van der Waals surface area (Å²) in [7, 11) is 2.18. The second kappa shape index (κ2) is 7.99. The standard InChI is InChI=1S/C18H22N2S/c1-15(13-18-6-4-12-21-18)20(2)14-17-9-7-16(8-10-17)5-3-11-19/h4,6-10,12,15H,11,13-14,19H2,1-2H3. The number of hydrogen-bond acceptors (Lipinski definition) is 3. The van der Waals surface area contributed by atoms with E-state index in [9.17, 15) is 0 Å². The van der Waals surface area contributed by atoms with Gasteiger partial charge in [0.2, 0.25) is 0 Å². The van der Waals surface area contributed by atoms with Crippen LogP contribution in [0.4, 0.5) is 0 Å². The third-order valence-corrected chi connectivity index (χ3v) is 4.45. The zero-order valence-electron chi connectivity index (χ0n) is 12.7. The van der Waals surface area contributed by atoms with E-state index in [-0.39, 0.29) is 0 Å². The zero-order chi connectivity index (χ0) is 15.1. The Labute approximate surface area is 131 Å². The number of nitrogens with two attached hydrogens (primary N) is 1. The van der Waals surface area contributed by atoms with Crippen LogP contribution in [0.5, 0.6) is 0 Å². The van der Waals surface area contributed by atoms with Gasteiger partial charge < -0.3 is 5.73 Å². The number of hydrogen-bond donors (Lipinski definition) is 1. The van der Waals surface area contributed by atoms with Crippen molar-refractivity contribution in [2.75, 3.05) is 13.6 Å². The summed E-state index contributed by atoms with van der Waals surface area (Å²) in [6.45, 7) is 3.64. The third-order valence-electron chi connectivity index (χ3n) is 3.55. The van der Waals surface area contributed by atoms with Crippen LogP contribution in [0, 0.1) is 11.8 Å². The Morgan fingerprint density at radius 3 is 2.62 bits per heavy atom. The first-order valence-electron chi connectivity index (χ1n) is 7.19. The van der Waals surface area contributed by atoms with E-state index in [0.29, 0.717) is 12.6 Å². The third kappa shape index (κ3) is 5.02. The molecule has 3 heteroatoms. The van der Waals surface area contributed by atoms with Crippen LogP contribution in [0.2, 0.25) is 0 Å². The molecule has 0 saturated carbocycles. The Morgan fingerprint density at radius 1 is 1.24 bits per heavy atom. The molecule has 0 radical (unpaired) electrons. The zero-order valence-corrected chi connectivity index (χ0v) is 13.5. The molecule has 0 aliphatic heterocycles. The van der Waals surface area contributed by atoms with Gasteiger partial charge in [-0.25, -0.2) is 0 Å². The fourth-order valence-corrected chi connectivity index (χ4v) is 2.99. The van der Waals surface area contributed by atoms with Crippen molar-refractivity contribution in [3.63, 3.8) is 0 Å². The molecule has 0 fully saturated rings. The Hall–Kier alpha value is -1.60. The smallest absolute Gasteiger partial charge is 0.0555 e. The lowest BCUT2D eigenvalue weighted by Gasteiger charge is -2.24. The molecule has 110 valence electrons. The van der Waals surface area contributed by atoms with Gasteiger partial charge in [-0.3, -0.25) is 4.90 Å². The van der Waals surface area contributed by atoms with E-state index >= 15 is 0 Å². The molecule has 0 amide bonds. The van der Waals surface area contributed by atoms with Crippen molar-refractivity contribution in [3.8, 4) is 11.8 Å². The normalized spacial score (nSPS) is 12.0. The van der Waals surface area contributed by atoms with Crippen LogP contribution in [0.15, 0.2) is 41.8 Å². The molecule has 21 heavy (non-hydrogen) atoms. The summed E-state index contributed by atoms with van der Waals surface area (Å²) in [5, 5.41) is 2.14. The molecular formula is C18H22N2S. The SMILES string of the molecule is CC(Cc1cccs1)N(C)Cc1ccc(C#CCN)cc1. The van der Waals surface area contributed by atoms with Gasteiger partial charge in [0.05, 0.1) is 6.54 Å². The molecule has 0 spiro atoms. The van der Waals surface area contributed by atoms with Crippen LogP contribution in [0.25, 0.3) is 0 Å². The summed E-state index contributed by atoms with van der Waals surface area (Å²) < 4.78 is 0. The van der Waals surface area contributed by atoms with Crippen LogP contribution in [-0.4, -0.2) is 24.5 Å². The molecule has 1 atom stereocenters. The van der Waals surface area contributed by atoms with Crippen molar-refractivity contribution < 1.29 is 0 Å². The second-order valence-electron chi connectivity index (χ2n) is 5.25. The Balaban J connectivity index is 1.91. The summed E-state index contributed by atoms with van der Waals surface area (Å²) in [6, 6.07) is 13.3. The molecule has 2 nitrogen and oxygen atoms in total. The highest BCUT2D eigenvalue weighted by molar-refractivity contribution is 7.09. The van der Waals surface area contributed by atoms with E-state index in [0.717, 1.165) is 18.5 Å². The number of nitrogens with zero attached hydrogens (tertiary/aromatic N) is 1. The molecule has 1 aromatic heterocycles. The molecule has 2 rings (SSSR count). The lowest BCUT2D eigenvalue weighted by Crippen LogP contribution is -2.30. The summed E-state index contributed by atoms with van der Waals surface area (Å²) in [6.07, 6.45) is 1.11. The summed E-state index contributed by atoms with van der Waals surface area (Å²) >= 11 is 1.83. The monoisotopic (exact) mass is 298 g/mol.